The number of hydrogen-bond donors (Lipinski definition) is 1. The van der Waals surface area contributed by atoms with Crippen molar-refractivity contribution in [3.8, 4) is 11.3 Å². The van der Waals surface area contributed by atoms with Gasteiger partial charge in [-0.3, -0.25) is 0 Å². The van der Waals surface area contributed by atoms with E-state index in [1.54, 1.807) is 0 Å². The Morgan fingerprint density at radius 1 is 1.19 bits per heavy atom. The minimum Gasteiger partial charge on any atom is -0.350 e. The van der Waals surface area contributed by atoms with Crippen molar-refractivity contribution in [2.45, 2.75) is 39.7 Å². The molecule has 0 spiro atoms. The lowest BCUT2D eigenvalue weighted by atomic mass is 10.00. The molecular formula is C17H22N4. The molecule has 0 saturated heterocycles. The van der Waals surface area contributed by atoms with Crippen LogP contribution in [0.15, 0.2) is 30.5 Å². The normalized spacial score (nSPS) is 13.7. The summed E-state index contributed by atoms with van der Waals surface area (Å²) in [6, 6.07) is 8.98. The highest BCUT2D eigenvalue weighted by Crippen LogP contribution is 2.31. The number of fused-ring (bicyclic) bond motifs is 1. The van der Waals surface area contributed by atoms with Crippen molar-refractivity contribution >= 4 is 11.6 Å². The molecule has 4 nitrogen and oxygen atoms in total. The van der Waals surface area contributed by atoms with Crippen LogP contribution in [-0.4, -0.2) is 22.7 Å². The van der Waals surface area contributed by atoms with E-state index in [0.717, 1.165) is 29.6 Å². The first-order valence-electron chi connectivity index (χ1n) is 7.54. The van der Waals surface area contributed by atoms with Crippen molar-refractivity contribution in [2.24, 2.45) is 0 Å². The fraction of sp³-hybridized carbons (Fsp3) is 0.412. The van der Waals surface area contributed by atoms with Crippen LogP contribution in [0.1, 0.15) is 39.2 Å². The van der Waals surface area contributed by atoms with E-state index in [2.05, 4.69) is 67.2 Å². The second-order valence-corrected chi connectivity index (χ2v) is 6.11. The third-order valence-corrected chi connectivity index (χ3v) is 3.92. The summed E-state index contributed by atoms with van der Waals surface area (Å²) in [6.07, 6.45) is 1.86. The average molecular weight is 282 g/mol. The van der Waals surface area contributed by atoms with Crippen LogP contribution in [0.2, 0.25) is 0 Å². The lowest BCUT2D eigenvalue weighted by Crippen LogP contribution is -2.30. The maximum atomic E-state index is 4.83. The van der Waals surface area contributed by atoms with Crippen molar-refractivity contribution in [3.05, 3.63) is 36.0 Å². The average Bonchev–Trinajstić information content (AvgIpc) is 2.90. The number of aromatic nitrogens is 2. The van der Waals surface area contributed by atoms with Gasteiger partial charge in [0.2, 0.25) is 0 Å². The second kappa shape index (κ2) is 5.35. The van der Waals surface area contributed by atoms with Crippen molar-refractivity contribution in [1.29, 1.82) is 0 Å². The molecule has 0 fully saturated rings. The first-order chi connectivity index (χ1) is 10.1. The maximum absolute atomic E-state index is 4.83. The minimum absolute atomic E-state index is 0.408. The number of hydrogen-bond acceptors (Lipinski definition) is 4. The smallest absolute Gasteiger partial charge is 0.174 e. The lowest BCUT2D eigenvalue weighted by molar-refractivity contribution is 0.718. The Hall–Kier alpha value is -2.10. The highest BCUT2D eigenvalue weighted by atomic mass is 15.4. The Balaban J connectivity index is 2.01. The zero-order valence-corrected chi connectivity index (χ0v) is 13.1. The van der Waals surface area contributed by atoms with E-state index in [4.69, 9.17) is 4.98 Å². The third kappa shape index (κ3) is 2.58. The van der Waals surface area contributed by atoms with Gasteiger partial charge in [0.15, 0.2) is 11.6 Å². The van der Waals surface area contributed by atoms with E-state index >= 15 is 0 Å². The van der Waals surface area contributed by atoms with Crippen molar-refractivity contribution < 1.29 is 0 Å². The molecule has 3 rings (SSSR count). The highest BCUT2D eigenvalue weighted by molar-refractivity contribution is 5.71. The lowest BCUT2D eigenvalue weighted by Gasteiger charge is -2.21. The molecule has 1 aromatic heterocycles. The van der Waals surface area contributed by atoms with Crippen molar-refractivity contribution in [2.75, 3.05) is 16.9 Å². The summed E-state index contributed by atoms with van der Waals surface area (Å²) >= 11 is 0. The van der Waals surface area contributed by atoms with Crippen LogP contribution in [-0.2, 0) is 0 Å². The Morgan fingerprint density at radius 3 is 2.71 bits per heavy atom. The summed E-state index contributed by atoms with van der Waals surface area (Å²) in [7, 11) is 0. The van der Waals surface area contributed by atoms with E-state index in [9.17, 15) is 0 Å². The summed E-state index contributed by atoms with van der Waals surface area (Å²) in [4.78, 5) is 11.6. The molecule has 0 aliphatic carbocycles. The number of anilines is 2. The molecule has 1 aliphatic rings. The van der Waals surface area contributed by atoms with Crippen LogP contribution < -0.4 is 10.2 Å². The van der Waals surface area contributed by atoms with Gasteiger partial charge in [-0.15, -0.1) is 0 Å². The number of rotatable bonds is 3. The zero-order chi connectivity index (χ0) is 15.0. The first-order valence-corrected chi connectivity index (χ1v) is 7.54. The van der Waals surface area contributed by atoms with Crippen LogP contribution in [0.5, 0.6) is 0 Å². The fourth-order valence-corrected chi connectivity index (χ4v) is 2.56. The van der Waals surface area contributed by atoms with Crippen LogP contribution in [0.25, 0.3) is 11.3 Å². The van der Waals surface area contributed by atoms with Gasteiger partial charge in [-0.25, -0.2) is 9.97 Å². The summed E-state index contributed by atoms with van der Waals surface area (Å²) in [6.45, 7) is 9.54. The van der Waals surface area contributed by atoms with Gasteiger partial charge in [-0.1, -0.05) is 32.0 Å². The molecular weight excluding hydrogens is 260 g/mol. The van der Waals surface area contributed by atoms with Crippen LogP contribution in [0, 0.1) is 0 Å². The molecule has 2 heterocycles. The van der Waals surface area contributed by atoms with Gasteiger partial charge in [0.05, 0.1) is 18.6 Å². The van der Waals surface area contributed by atoms with Gasteiger partial charge in [-0.2, -0.15) is 0 Å². The van der Waals surface area contributed by atoms with Crippen molar-refractivity contribution in [3.63, 3.8) is 0 Å². The molecule has 21 heavy (non-hydrogen) atoms. The Morgan fingerprint density at radius 2 is 2.00 bits per heavy atom. The summed E-state index contributed by atoms with van der Waals surface area (Å²) in [5.74, 6) is 2.35. The molecule has 0 atom stereocenters. The van der Waals surface area contributed by atoms with Gasteiger partial charge in [0, 0.05) is 11.6 Å². The SMILES string of the molecule is CC(C)c1cccc(-c2cnc3c(n2)N(C(C)C)CN3)c1. The predicted octanol–water partition coefficient (Wildman–Crippen LogP) is 3.86. The maximum Gasteiger partial charge on any atom is 0.174 e. The minimum atomic E-state index is 0.408. The molecule has 0 radical (unpaired) electrons. The second-order valence-electron chi connectivity index (χ2n) is 6.11. The van der Waals surface area contributed by atoms with Crippen LogP contribution >= 0.6 is 0 Å². The predicted molar refractivity (Wildman–Crippen MR) is 87.7 cm³/mol. The summed E-state index contributed by atoms with van der Waals surface area (Å²) in [5, 5.41) is 3.29. The standard InChI is InChI=1S/C17H22N4/c1-11(2)13-6-5-7-14(8-13)15-9-18-16-17(20-15)21(10-19-16)12(3)4/h5-9,11-12H,10H2,1-4H3,(H,18,19). The third-order valence-electron chi connectivity index (χ3n) is 3.92. The van der Waals surface area contributed by atoms with E-state index in [1.165, 1.54) is 5.56 Å². The van der Waals surface area contributed by atoms with Gasteiger partial charge in [-0.05, 0) is 31.4 Å². The van der Waals surface area contributed by atoms with Crippen LogP contribution in [0.3, 0.4) is 0 Å². The molecule has 1 aliphatic heterocycles. The Bertz CT molecular complexity index is 649. The summed E-state index contributed by atoms with van der Waals surface area (Å²) < 4.78 is 0. The topological polar surface area (TPSA) is 41.1 Å². The molecule has 110 valence electrons. The monoisotopic (exact) mass is 282 g/mol. The van der Waals surface area contributed by atoms with E-state index < -0.39 is 0 Å². The number of benzene rings is 1. The number of nitrogens with zero attached hydrogens (tertiary/aromatic N) is 3. The van der Waals surface area contributed by atoms with Gasteiger partial charge in [0.25, 0.3) is 0 Å². The van der Waals surface area contributed by atoms with Gasteiger partial charge < -0.3 is 10.2 Å². The largest absolute Gasteiger partial charge is 0.350 e. The Labute approximate surface area is 126 Å². The first kappa shape index (κ1) is 13.9. The zero-order valence-electron chi connectivity index (χ0n) is 13.1. The van der Waals surface area contributed by atoms with Crippen LogP contribution in [0.4, 0.5) is 11.6 Å². The molecule has 1 aromatic carbocycles. The van der Waals surface area contributed by atoms with Gasteiger partial charge in [0.1, 0.15) is 0 Å². The molecule has 0 unspecified atom stereocenters. The fourth-order valence-electron chi connectivity index (χ4n) is 2.56. The van der Waals surface area contributed by atoms with E-state index in [0.29, 0.717) is 12.0 Å². The number of nitrogens with one attached hydrogen (secondary N) is 1. The summed E-state index contributed by atoms with van der Waals surface area (Å²) in [5.41, 5.74) is 3.39. The molecule has 1 N–H and O–H groups in total. The molecule has 2 aromatic rings. The van der Waals surface area contributed by atoms with Crippen molar-refractivity contribution in [1.82, 2.24) is 9.97 Å². The quantitative estimate of drug-likeness (QED) is 0.928. The highest BCUT2D eigenvalue weighted by Gasteiger charge is 2.24. The van der Waals surface area contributed by atoms with Gasteiger partial charge >= 0.3 is 0 Å². The van der Waals surface area contributed by atoms with E-state index in [-0.39, 0.29) is 0 Å². The molecule has 0 saturated carbocycles. The molecule has 0 amide bonds. The molecule has 4 heteroatoms. The Kier molecular flexibility index (Phi) is 3.53. The van der Waals surface area contributed by atoms with E-state index in [1.807, 2.05) is 6.20 Å². The molecule has 0 bridgehead atoms.